The van der Waals surface area contributed by atoms with E-state index < -0.39 is 0 Å². The van der Waals surface area contributed by atoms with Gasteiger partial charge in [0.15, 0.2) is 0 Å². The topological polar surface area (TPSA) is 24.4 Å². The molecular formula is C6H10N2. The molecule has 1 aliphatic heterocycles. The molecule has 0 saturated heterocycles. The van der Waals surface area contributed by atoms with Crippen molar-refractivity contribution in [2.24, 2.45) is 4.99 Å². The quantitative estimate of drug-likeness (QED) is 0.490. The van der Waals surface area contributed by atoms with Crippen molar-refractivity contribution in [3.05, 3.63) is 12.7 Å². The summed E-state index contributed by atoms with van der Waals surface area (Å²) in [6, 6.07) is 0.315. The van der Waals surface area contributed by atoms with E-state index in [0.29, 0.717) is 6.04 Å². The van der Waals surface area contributed by atoms with Crippen molar-refractivity contribution in [2.75, 3.05) is 6.54 Å². The van der Waals surface area contributed by atoms with Crippen LogP contribution < -0.4 is 5.32 Å². The highest BCUT2D eigenvalue weighted by atomic mass is 15.1. The average Bonchev–Trinajstić information content (AvgIpc) is 2.14. The summed E-state index contributed by atoms with van der Waals surface area (Å²) in [5.74, 6) is 1.02. The highest BCUT2D eigenvalue weighted by Gasteiger charge is 2.07. The lowest BCUT2D eigenvalue weighted by Crippen LogP contribution is -2.17. The van der Waals surface area contributed by atoms with Crippen LogP contribution in [0.4, 0.5) is 0 Å². The van der Waals surface area contributed by atoms with Crippen LogP contribution in [0.15, 0.2) is 17.6 Å². The van der Waals surface area contributed by atoms with Crippen LogP contribution in [0.5, 0.6) is 0 Å². The van der Waals surface area contributed by atoms with Gasteiger partial charge in [0, 0.05) is 6.54 Å². The molecule has 0 aromatic heterocycles. The Morgan fingerprint density at radius 3 is 3.00 bits per heavy atom. The highest BCUT2D eigenvalue weighted by molar-refractivity contribution is 5.81. The highest BCUT2D eigenvalue weighted by Crippen LogP contribution is 1.96. The van der Waals surface area contributed by atoms with Crippen molar-refractivity contribution in [1.29, 1.82) is 0 Å². The van der Waals surface area contributed by atoms with Crippen LogP contribution in [0, 0.1) is 0 Å². The zero-order valence-corrected chi connectivity index (χ0v) is 5.02. The summed E-state index contributed by atoms with van der Waals surface area (Å²) in [5.41, 5.74) is 0. The summed E-state index contributed by atoms with van der Waals surface area (Å²) < 4.78 is 0. The van der Waals surface area contributed by atoms with Crippen LogP contribution in [0.2, 0.25) is 0 Å². The van der Waals surface area contributed by atoms with Crippen molar-refractivity contribution in [3.8, 4) is 0 Å². The number of hydrogen-bond donors (Lipinski definition) is 1. The van der Waals surface area contributed by atoms with E-state index in [1.165, 1.54) is 0 Å². The first kappa shape index (κ1) is 5.35. The Kier molecular flexibility index (Phi) is 1.33. The van der Waals surface area contributed by atoms with Crippen molar-refractivity contribution in [2.45, 2.75) is 13.0 Å². The predicted molar refractivity (Wildman–Crippen MR) is 35.1 cm³/mol. The maximum absolute atomic E-state index is 4.19. The van der Waals surface area contributed by atoms with Gasteiger partial charge in [-0.1, -0.05) is 6.08 Å². The molecule has 0 amide bonds. The Hall–Kier alpha value is -0.790. The van der Waals surface area contributed by atoms with Crippen LogP contribution >= 0.6 is 0 Å². The summed E-state index contributed by atoms with van der Waals surface area (Å²) in [7, 11) is 0. The molecule has 1 atom stereocenters. The third-order valence-electron chi connectivity index (χ3n) is 1.20. The Balaban J connectivity index is 2.53. The molecule has 1 rings (SSSR count). The lowest BCUT2D eigenvalue weighted by molar-refractivity contribution is 0.834. The lowest BCUT2D eigenvalue weighted by atomic mass is 10.3. The van der Waals surface area contributed by atoms with Gasteiger partial charge in [0.2, 0.25) is 0 Å². The van der Waals surface area contributed by atoms with E-state index in [9.17, 15) is 0 Å². The van der Waals surface area contributed by atoms with E-state index in [2.05, 4.69) is 16.9 Å². The molecule has 0 aliphatic carbocycles. The third kappa shape index (κ3) is 0.886. The van der Waals surface area contributed by atoms with Gasteiger partial charge in [0.25, 0.3) is 0 Å². The summed E-state index contributed by atoms with van der Waals surface area (Å²) in [5, 5.41) is 3.10. The molecule has 2 heteroatoms. The number of amidine groups is 1. The minimum atomic E-state index is 0.315. The standard InChI is InChI=1S/C6H10N2/c1-3-6-4-7-5(2)8-6/h3,6H,1,4H2,2H3,(H,7,8). The molecule has 1 unspecified atom stereocenters. The van der Waals surface area contributed by atoms with Crippen molar-refractivity contribution < 1.29 is 0 Å². The van der Waals surface area contributed by atoms with Crippen LogP contribution in [0.3, 0.4) is 0 Å². The van der Waals surface area contributed by atoms with Crippen LogP contribution in [0.1, 0.15) is 6.92 Å². The minimum absolute atomic E-state index is 0.315. The first-order valence-corrected chi connectivity index (χ1v) is 2.74. The Morgan fingerprint density at radius 2 is 2.75 bits per heavy atom. The molecule has 1 aliphatic rings. The average molecular weight is 110 g/mol. The number of aliphatic imine (C=N–C) groups is 1. The zero-order chi connectivity index (χ0) is 5.98. The smallest absolute Gasteiger partial charge is 0.0940 e. The molecule has 8 heavy (non-hydrogen) atoms. The molecule has 0 aromatic rings. The zero-order valence-electron chi connectivity index (χ0n) is 5.02. The van der Waals surface area contributed by atoms with Gasteiger partial charge in [-0.3, -0.25) is 4.99 Å². The van der Waals surface area contributed by atoms with Gasteiger partial charge >= 0.3 is 0 Å². The fraction of sp³-hybridized carbons (Fsp3) is 0.500. The van der Waals surface area contributed by atoms with Crippen LogP contribution in [0.25, 0.3) is 0 Å². The second kappa shape index (κ2) is 1.99. The van der Waals surface area contributed by atoms with E-state index in [4.69, 9.17) is 0 Å². The number of nitrogens with one attached hydrogen (secondary N) is 1. The van der Waals surface area contributed by atoms with Crippen LogP contribution in [-0.2, 0) is 0 Å². The molecular weight excluding hydrogens is 100 g/mol. The van der Waals surface area contributed by atoms with Gasteiger partial charge in [-0.15, -0.1) is 6.58 Å². The molecule has 0 spiro atoms. The first-order valence-electron chi connectivity index (χ1n) is 2.74. The molecule has 0 radical (unpaired) electrons. The monoisotopic (exact) mass is 110 g/mol. The largest absolute Gasteiger partial charge is 0.372 e. The number of nitrogens with zero attached hydrogens (tertiary/aromatic N) is 1. The molecule has 44 valence electrons. The second-order valence-electron chi connectivity index (χ2n) is 1.90. The molecule has 1 heterocycles. The summed E-state index contributed by atoms with van der Waals surface area (Å²) in [6.45, 7) is 6.52. The van der Waals surface area contributed by atoms with E-state index in [0.717, 1.165) is 12.4 Å². The van der Waals surface area contributed by atoms with Crippen molar-refractivity contribution >= 4 is 5.84 Å². The maximum Gasteiger partial charge on any atom is 0.0940 e. The van der Waals surface area contributed by atoms with Gasteiger partial charge in [0.1, 0.15) is 0 Å². The van der Waals surface area contributed by atoms with Gasteiger partial charge in [-0.05, 0) is 6.92 Å². The van der Waals surface area contributed by atoms with Crippen LogP contribution in [-0.4, -0.2) is 18.4 Å². The van der Waals surface area contributed by atoms with Gasteiger partial charge in [-0.2, -0.15) is 0 Å². The fourth-order valence-corrected chi connectivity index (χ4v) is 0.728. The van der Waals surface area contributed by atoms with E-state index in [1.807, 2.05) is 13.0 Å². The van der Waals surface area contributed by atoms with E-state index in [1.54, 1.807) is 0 Å². The molecule has 1 N–H and O–H groups in total. The van der Waals surface area contributed by atoms with Crippen molar-refractivity contribution in [3.63, 3.8) is 0 Å². The normalized spacial score (nSPS) is 26.6. The SMILES string of the molecule is C=CC1CNC(C)=N1. The summed E-state index contributed by atoms with van der Waals surface area (Å²) in [4.78, 5) is 4.19. The predicted octanol–water partition coefficient (Wildman–Crippen LogP) is 0.563. The summed E-state index contributed by atoms with van der Waals surface area (Å²) in [6.07, 6.45) is 1.85. The second-order valence-corrected chi connectivity index (χ2v) is 1.90. The molecule has 0 aromatic carbocycles. The Labute approximate surface area is 49.3 Å². The lowest BCUT2D eigenvalue weighted by Gasteiger charge is -1.92. The third-order valence-corrected chi connectivity index (χ3v) is 1.20. The fourth-order valence-electron chi connectivity index (χ4n) is 0.728. The first-order chi connectivity index (χ1) is 3.83. The van der Waals surface area contributed by atoms with Gasteiger partial charge in [0.05, 0.1) is 11.9 Å². The molecule has 0 saturated carbocycles. The number of rotatable bonds is 1. The van der Waals surface area contributed by atoms with Crippen molar-refractivity contribution in [1.82, 2.24) is 5.32 Å². The molecule has 2 nitrogen and oxygen atoms in total. The molecule has 0 fully saturated rings. The van der Waals surface area contributed by atoms with E-state index in [-0.39, 0.29) is 0 Å². The van der Waals surface area contributed by atoms with E-state index >= 15 is 0 Å². The van der Waals surface area contributed by atoms with Gasteiger partial charge < -0.3 is 5.32 Å². The Morgan fingerprint density at radius 1 is 2.00 bits per heavy atom. The maximum atomic E-state index is 4.19. The minimum Gasteiger partial charge on any atom is -0.372 e. The summed E-state index contributed by atoms with van der Waals surface area (Å²) >= 11 is 0. The molecule has 0 bridgehead atoms. The Bertz CT molecular complexity index is 126. The number of hydrogen-bond acceptors (Lipinski definition) is 2. The van der Waals surface area contributed by atoms with Gasteiger partial charge in [-0.25, -0.2) is 0 Å².